The molecule has 0 aliphatic heterocycles. The largest absolute Gasteiger partial charge is 0.345 e. The fraction of sp³-hybridized carbons (Fsp3) is 0.192. The highest BCUT2D eigenvalue weighted by molar-refractivity contribution is 7.84. The quantitative estimate of drug-likeness (QED) is 0.381. The first-order valence-corrected chi connectivity index (χ1v) is 12.4. The normalized spacial score (nSPS) is 12.5. The lowest BCUT2D eigenvalue weighted by Crippen LogP contribution is -2.23. The monoisotopic (exact) mass is 487 g/mol. The van der Waals surface area contributed by atoms with Crippen molar-refractivity contribution in [3.63, 3.8) is 0 Å². The molecule has 5 aromatic rings. The van der Waals surface area contributed by atoms with Gasteiger partial charge in [0, 0.05) is 36.3 Å². The van der Waals surface area contributed by atoms with Crippen molar-refractivity contribution in [3.8, 4) is 11.1 Å². The summed E-state index contributed by atoms with van der Waals surface area (Å²) in [6.45, 7) is 3.96. The number of rotatable bonds is 6. The molecule has 178 valence electrons. The highest BCUT2D eigenvalue weighted by atomic mass is 32.2. The molecule has 3 aromatic heterocycles. The number of nitrogens with zero attached hydrogens (tertiary/aromatic N) is 3. The predicted molar refractivity (Wildman–Crippen MR) is 139 cm³/mol. The fourth-order valence-corrected chi connectivity index (χ4v) is 4.86. The third-order valence-corrected chi connectivity index (χ3v) is 7.35. The van der Waals surface area contributed by atoms with Gasteiger partial charge in [-0.1, -0.05) is 18.2 Å². The molecule has 0 aliphatic rings. The molecule has 5 rings (SSSR count). The number of aryl methyl sites for hydroxylation is 1. The molecule has 8 nitrogen and oxygen atoms in total. The lowest BCUT2D eigenvalue weighted by molar-refractivity contribution is 0.0950. The van der Waals surface area contributed by atoms with Crippen LogP contribution in [-0.4, -0.2) is 33.9 Å². The minimum absolute atomic E-state index is 0.0317. The van der Waals surface area contributed by atoms with Gasteiger partial charge in [-0.05, 0) is 60.7 Å². The van der Waals surface area contributed by atoms with Crippen LogP contribution < -0.4 is 10.9 Å². The Morgan fingerprint density at radius 2 is 1.86 bits per heavy atom. The minimum Gasteiger partial charge on any atom is -0.345 e. The molecule has 3 heterocycles. The van der Waals surface area contributed by atoms with Crippen molar-refractivity contribution >= 4 is 38.7 Å². The van der Waals surface area contributed by atoms with Crippen molar-refractivity contribution in [3.05, 3.63) is 88.9 Å². The third kappa shape index (κ3) is 4.42. The first-order valence-electron chi connectivity index (χ1n) is 11.3. The summed E-state index contributed by atoms with van der Waals surface area (Å²) in [6, 6.07) is 15.3. The summed E-state index contributed by atoms with van der Waals surface area (Å²) in [4.78, 5) is 32.9. The van der Waals surface area contributed by atoms with Gasteiger partial charge in [0.05, 0.1) is 23.1 Å². The number of aromatic amines is 1. The molecule has 2 N–H and O–H groups in total. The molecule has 0 spiro atoms. The van der Waals surface area contributed by atoms with Crippen molar-refractivity contribution in [1.29, 1.82) is 0 Å². The van der Waals surface area contributed by atoms with Crippen LogP contribution in [0.2, 0.25) is 0 Å². The molecular formula is C26H25N5O3S. The second-order valence-corrected chi connectivity index (χ2v) is 10.6. The number of carbonyl (C=O) groups is 1. The van der Waals surface area contributed by atoms with E-state index in [9.17, 15) is 13.8 Å². The number of benzene rings is 2. The molecule has 0 saturated carbocycles. The van der Waals surface area contributed by atoms with Crippen LogP contribution in [-0.2, 0) is 24.6 Å². The number of amides is 1. The van der Waals surface area contributed by atoms with Crippen LogP contribution >= 0.6 is 0 Å². The number of pyridine rings is 1. The molecule has 0 fully saturated rings. The maximum absolute atomic E-state index is 12.5. The summed E-state index contributed by atoms with van der Waals surface area (Å²) in [7, 11) is 0.533. The van der Waals surface area contributed by atoms with Crippen molar-refractivity contribution < 1.29 is 9.00 Å². The second-order valence-electron chi connectivity index (χ2n) is 8.72. The maximum atomic E-state index is 12.5. The summed E-state index contributed by atoms with van der Waals surface area (Å²) < 4.78 is 15.3. The van der Waals surface area contributed by atoms with E-state index < -0.39 is 11.0 Å². The number of hydrogen-bond acceptors (Lipinski definition) is 4. The number of imidazole rings is 1. The van der Waals surface area contributed by atoms with E-state index in [0.717, 1.165) is 27.5 Å². The van der Waals surface area contributed by atoms with E-state index in [-0.39, 0.29) is 23.3 Å². The molecule has 0 saturated heterocycles. The maximum Gasteiger partial charge on any atom is 0.258 e. The van der Waals surface area contributed by atoms with Gasteiger partial charge in [0.25, 0.3) is 11.5 Å². The van der Waals surface area contributed by atoms with Crippen LogP contribution in [0.3, 0.4) is 0 Å². The molecule has 35 heavy (non-hydrogen) atoms. The number of carbonyl (C=O) groups excluding carboxylic acids is 1. The standard InChI is InChI=1S/C26H25N5O3S/c1-16(2)35(34)31-11-9-20(15-31)25(32)27-14-24-28-22-7-6-19(13-23(22)29-24)18-5-4-17-8-10-30(3)26(33)21(17)12-18/h4-13,15-16H,14H2,1-3H3,(H,27,32)(H,28,29). The SMILES string of the molecule is CC(C)S(=O)n1ccc(C(=O)NCc2nc3ccc(-c4ccc5ccn(C)c(=O)c5c4)cc3[nH]2)c1. The van der Waals surface area contributed by atoms with Gasteiger partial charge in [-0.3, -0.25) is 13.6 Å². The fourth-order valence-electron chi connectivity index (χ4n) is 3.97. The van der Waals surface area contributed by atoms with Crippen LogP contribution in [0.25, 0.3) is 32.9 Å². The van der Waals surface area contributed by atoms with Crippen LogP contribution in [0.4, 0.5) is 0 Å². The van der Waals surface area contributed by atoms with Gasteiger partial charge in [0.15, 0.2) is 0 Å². The first kappa shape index (κ1) is 22.8. The zero-order valence-electron chi connectivity index (χ0n) is 19.6. The Bertz CT molecular complexity index is 1660. The second kappa shape index (κ2) is 8.99. The van der Waals surface area contributed by atoms with E-state index in [1.54, 1.807) is 40.2 Å². The minimum atomic E-state index is -1.21. The van der Waals surface area contributed by atoms with Gasteiger partial charge in [0.1, 0.15) is 16.8 Å². The Hall–Kier alpha value is -3.98. The number of hydrogen-bond donors (Lipinski definition) is 2. The van der Waals surface area contributed by atoms with Crippen molar-refractivity contribution in [2.75, 3.05) is 0 Å². The summed E-state index contributed by atoms with van der Waals surface area (Å²) in [5.74, 6) is 0.367. The lowest BCUT2D eigenvalue weighted by Gasteiger charge is -2.05. The van der Waals surface area contributed by atoms with Gasteiger partial charge in [0.2, 0.25) is 0 Å². The highest BCUT2D eigenvalue weighted by Gasteiger charge is 2.13. The number of H-pyrrole nitrogens is 1. The van der Waals surface area contributed by atoms with Gasteiger partial charge >= 0.3 is 0 Å². The number of fused-ring (bicyclic) bond motifs is 2. The number of aromatic nitrogens is 4. The van der Waals surface area contributed by atoms with Crippen molar-refractivity contribution in [1.82, 2.24) is 23.8 Å². The summed E-state index contributed by atoms with van der Waals surface area (Å²) in [6.07, 6.45) is 5.01. The molecule has 9 heteroatoms. The zero-order valence-corrected chi connectivity index (χ0v) is 20.4. The van der Waals surface area contributed by atoms with Crippen LogP contribution in [0, 0.1) is 0 Å². The Morgan fingerprint density at radius 3 is 2.66 bits per heavy atom. The average molecular weight is 488 g/mol. The molecule has 0 bridgehead atoms. The average Bonchev–Trinajstić information content (AvgIpc) is 3.51. The van der Waals surface area contributed by atoms with E-state index in [4.69, 9.17) is 0 Å². The Morgan fingerprint density at radius 1 is 1.09 bits per heavy atom. The smallest absolute Gasteiger partial charge is 0.258 e. The predicted octanol–water partition coefficient (Wildman–Crippen LogP) is 3.73. The van der Waals surface area contributed by atoms with Crippen molar-refractivity contribution in [2.45, 2.75) is 25.6 Å². The molecule has 1 unspecified atom stereocenters. The van der Waals surface area contributed by atoms with Gasteiger partial charge in [-0.2, -0.15) is 0 Å². The molecule has 2 aromatic carbocycles. The van der Waals surface area contributed by atoms with Gasteiger partial charge in [-0.15, -0.1) is 0 Å². The Balaban J connectivity index is 1.34. The molecular weight excluding hydrogens is 462 g/mol. The van der Waals surface area contributed by atoms with E-state index in [1.807, 2.05) is 56.3 Å². The van der Waals surface area contributed by atoms with Crippen LogP contribution in [0.15, 0.2) is 71.9 Å². The first-order chi connectivity index (χ1) is 16.8. The number of nitrogens with one attached hydrogen (secondary N) is 2. The summed E-state index contributed by atoms with van der Waals surface area (Å²) in [5.41, 5.74) is 3.94. The molecule has 0 aliphatic carbocycles. The topological polar surface area (TPSA) is 102 Å². The van der Waals surface area contributed by atoms with Crippen LogP contribution in [0.5, 0.6) is 0 Å². The summed E-state index contributed by atoms with van der Waals surface area (Å²) >= 11 is 0. The van der Waals surface area contributed by atoms with Crippen molar-refractivity contribution in [2.24, 2.45) is 7.05 Å². The van der Waals surface area contributed by atoms with E-state index >= 15 is 0 Å². The molecule has 1 amide bonds. The van der Waals surface area contributed by atoms with E-state index in [0.29, 0.717) is 16.8 Å². The Labute approximate surface area is 204 Å². The van der Waals surface area contributed by atoms with E-state index in [1.165, 1.54) is 0 Å². The highest BCUT2D eigenvalue weighted by Crippen LogP contribution is 2.26. The van der Waals surface area contributed by atoms with Crippen LogP contribution in [0.1, 0.15) is 30.0 Å². The molecule has 1 atom stereocenters. The van der Waals surface area contributed by atoms with Gasteiger partial charge in [-0.25, -0.2) is 9.19 Å². The van der Waals surface area contributed by atoms with E-state index in [2.05, 4.69) is 15.3 Å². The zero-order chi connectivity index (χ0) is 24.7. The van der Waals surface area contributed by atoms with Gasteiger partial charge < -0.3 is 14.9 Å². The lowest BCUT2D eigenvalue weighted by atomic mass is 10.0. The third-order valence-electron chi connectivity index (χ3n) is 5.90. The summed E-state index contributed by atoms with van der Waals surface area (Å²) in [5, 5.41) is 4.39. The molecule has 0 radical (unpaired) electrons. The Kier molecular flexibility index (Phi) is 5.86.